The van der Waals surface area contributed by atoms with Gasteiger partial charge in [-0.3, -0.25) is 0 Å². The number of aromatic nitrogens is 4. The van der Waals surface area contributed by atoms with Gasteiger partial charge in [-0.25, -0.2) is 9.97 Å². The molecule has 0 bridgehead atoms. The van der Waals surface area contributed by atoms with Crippen LogP contribution in [-0.4, -0.2) is 55.3 Å². The highest BCUT2D eigenvalue weighted by Gasteiger charge is 2.33. The maximum atomic E-state index is 12.5. The first-order valence-corrected chi connectivity index (χ1v) is 8.64. The molecule has 4 rings (SSSR count). The van der Waals surface area contributed by atoms with Gasteiger partial charge < -0.3 is 19.6 Å². The Morgan fingerprint density at radius 2 is 2.23 bits per heavy atom. The van der Waals surface area contributed by atoms with E-state index in [9.17, 15) is 18.3 Å². The molecule has 0 spiro atoms. The lowest BCUT2D eigenvalue weighted by molar-refractivity contribution is -0.137. The third-order valence-electron chi connectivity index (χ3n) is 4.96. The van der Waals surface area contributed by atoms with Crippen LogP contribution in [0, 0.1) is 0 Å². The van der Waals surface area contributed by atoms with E-state index >= 15 is 0 Å². The fraction of sp³-hybridized carbons (Fsp3) is 0.529. The molecule has 1 aliphatic heterocycles. The van der Waals surface area contributed by atoms with E-state index in [1.807, 2.05) is 15.5 Å². The number of fused-ring (bicyclic) bond motifs is 3. The molecule has 3 aromatic heterocycles. The van der Waals surface area contributed by atoms with Crippen molar-refractivity contribution >= 4 is 22.1 Å². The Labute approximate surface area is 147 Å². The van der Waals surface area contributed by atoms with Crippen LogP contribution in [0.5, 0.6) is 0 Å². The van der Waals surface area contributed by atoms with E-state index < -0.39 is 18.7 Å². The number of alkyl halides is 3. The van der Waals surface area contributed by atoms with Gasteiger partial charge in [0.1, 0.15) is 23.1 Å². The number of aliphatic hydroxyl groups excluding tert-OH is 1. The minimum Gasteiger partial charge on any atom is -0.385 e. The van der Waals surface area contributed by atoms with E-state index in [0.29, 0.717) is 24.4 Å². The third-order valence-corrected chi connectivity index (χ3v) is 4.96. The van der Waals surface area contributed by atoms with Crippen molar-refractivity contribution in [3.63, 3.8) is 0 Å². The van der Waals surface area contributed by atoms with E-state index in [4.69, 9.17) is 0 Å². The second-order valence-corrected chi connectivity index (χ2v) is 6.86. The highest BCUT2D eigenvalue weighted by molar-refractivity contribution is 6.01. The summed E-state index contributed by atoms with van der Waals surface area (Å²) in [6, 6.07) is 1.88. The van der Waals surface area contributed by atoms with Crippen LogP contribution in [0.2, 0.25) is 0 Å². The minimum atomic E-state index is -4.15. The molecule has 0 aliphatic carbocycles. The van der Waals surface area contributed by atoms with Crippen molar-refractivity contribution in [2.24, 2.45) is 0 Å². The molecule has 2 N–H and O–H groups in total. The summed E-state index contributed by atoms with van der Waals surface area (Å²) in [6.45, 7) is 2.75. The van der Waals surface area contributed by atoms with E-state index in [-0.39, 0.29) is 12.6 Å². The Balaban J connectivity index is 1.71. The molecule has 2 atom stereocenters. The summed E-state index contributed by atoms with van der Waals surface area (Å²) in [6.07, 6.45) is -1.56. The number of nitrogens with one attached hydrogen (secondary N) is 1. The molecule has 0 aromatic carbocycles. The standard InChI is InChI=1S/C17H20F3N5O/c1-10(26)16-23-13-8-22-15-12(2-5-21-15)14(13)25(16)11-3-6-24(9-11)7-4-17(18,19)20/h2,5,8,10-11,26H,3-4,6-7,9H2,1H3,(H,21,22)/t10-,11+/m1/s1. The second kappa shape index (κ2) is 6.24. The average molecular weight is 367 g/mol. The van der Waals surface area contributed by atoms with Gasteiger partial charge in [0, 0.05) is 37.3 Å². The fourth-order valence-corrected chi connectivity index (χ4v) is 3.79. The van der Waals surface area contributed by atoms with E-state index in [2.05, 4.69) is 15.0 Å². The molecule has 1 saturated heterocycles. The molecule has 0 unspecified atom stereocenters. The van der Waals surface area contributed by atoms with Gasteiger partial charge in [0.2, 0.25) is 0 Å². The first kappa shape index (κ1) is 17.3. The van der Waals surface area contributed by atoms with Crippen molar-refractivity contribution in [3.05, 3.63) is 24.3 Å². The molecule has 4 heterocycles. The maximum Gasteiger partial charge on any atom is 0.390 e. The summed E-state index contributed by atoms with van der Waals surface area (Å²) >= 11 is 0. The number of hydrogen-bond acceptors (Lipinski definition) is 4. The molecule has 1 fully saturated rings. The number of aliphatic hydroxyl groups is 1. The number of imidazole rings is 1. The van der Waals surface area contributed by atoms with Crippen LogP contribution in [-0.2, 0) is 0 Å². The molecular formula is C17H20F3N5O. The summed E-state index contributed by atoms with van der Waals surface area (Å²) < 4.78 is 39.5. The van der Waals surface area contributed by atoms with Crippen molar-refractivity contribution in [2.75, 3.05) is 19.6 Å². The van der Waals surface area contributed by atoms with Gasteiger partial charge in [-0.05, 0) is 19.4 Å². The molecule has 3 aromatic rings. The summed E-state index contributed by atoms with van der Waals surface area (Å²) in [5, 5.41) is 11.1. The highest BCUT2D eigenvalue weighted by Crippen LogP contribution is 2.34. The van der Waals surface area contributed by atoms with E-state index in [1.165, 1.54) is 0 Å². The van der Waals surface area contributed by atoms with Crippen LogP contribution in [0.1, 0.15) is 37.7 Å². The first-order chi connectivity index (χ1) is 12.3. The molecule has 6 nitrogen and oxygen atoms in total. The monoisotopic (exact) mass is 367 g/mol. The van der Waals surface area contributed by atoms with Crippen LogP contribution in [0.25, 0.3) is 22.1 Å². The Morgan fingerprint density at radius 3 is 2.96 bits per heavy atom. The van der Waals surface area contributed by atoms with Gasteiger partial charge in [-0.15, -0.1) is 0 Å². The highest BCUT2D eigenvalue weighted by atomic mass is 19.4. The minimum absolute atomic E-state index is 0.00222. The lowest BCUT2D eigenvalue weighted by Crippen LogP contribution is -2.27. The number of likely N-dealkylation sites (tertiary alicyclic amines) is 1. The average Bonchev–Trinajstić information content (AvgIpc) is 3.28. The second-order valence-electron chi connectivity index (χ2n) is 6.86. The number of halogens is 3. The summed E-state index contributed by atoms with van der Waals surface area (Å²) in [4.78, 5) is 13.8. The molecule has 1 aliphatic rings. The first-order valence-electron chi connectivity index (χ1n) is 8.64. The predicted molar refractivity (Wildman–Crippen MR) is 90.8 cm³/mol. The molecular weight excluding hydrogens is 347 g/mol. The van der Waals surface area contributed by atoms with E-state index in [1.54, 1.807) is 19.3 Å². The van der Waals surface area contributed by atoms with Crippen LogP contribution < -0.4 is 0 Å². The predicted octanol–water partition coefficient (Wildman–Crippen LogP) is 3.17. The molecule has 0 radical (unpaired) electrons. The van der Waals surface area contributed by atoms with Gasteiger partial charge >= 0.3 is 6.18 Å². The number of nitrogens with zero attached hydrogens (tertiary/aromatic N) is 4. The van der Waals surface area contributed by atoms with Crippen molar-refractivity contribution in [2.45, 2.75) is 38.1 Å². The zero-order valence-electron chi connectivity index (χ0n) is 14.3. The number of hydrogen-bond donors (Lipinski definition) is 2. The van der Waals surface area contributed by atoms with Crippen LogP contribution in [0.4, 0.5) is 13.2 Å². The van der Waals surface area contributed by atoms with Crippen molar-refractivity contribution in [3.8, 4) is 0 Å². The number of pyridine rings is 1. The zero-order valence-corrected chi connectivity index (χ0v) is 14.3. The molecule has 0 amide bonds. The van der Waals surface area contributed by atoms with Gasteiger partial charge in [0.15, 0.2) is 0 Å². The summed E-state index contributed by atoms with van der Waals surface area (Å²) in [7, 11) is 0. The lowest BCUT2D eigenvalue weighted by atomic mass is 10.2. The summed E-state index contributed by atoms with van der Waals surface area (Å²) in [5.41, 5.74) is 2.28. The Bertz CT molecular complexity index is 930. The molecule has 140 valence electrons. The van der Waals surface area contributed by atoms with Crippen molar-refractivity contribution in [1.82, 2.24) is 24.4 Å². The summed E-state index contributed by atoms with van der Waals surface area (Å²) in [5.74, 6) is 0.526. The van der Waals surface area contributed by atoms with Gasteiger partial charge in [0.05, 0.1) is 18.1 Å². The Morgan fingerprint density at radius 1 is 1.42 bits per heavy atom. The van der Waals surface area contributed by atoms with E-state index in [0.717, 1.165) is 23.0 Å². The number of rotatable bonds is 4. The third kappa shape index (κ3) is 3.05. The van der Waals surface area contributed by atoms with Gasteiger partial charge in [-0.1, -0.05) is 0 Å². The topological polar surface area (TPSA) is 70.0 Å². The quantitative estimate of drug-likeness (QED) is 0.743. The van der Waals surface area contributed by atoms with Crippen LogP contribution in [0.15, 0.2) is 18.5 Å². The number of H-pyrrole nitrogens is 1. The molecule has 26 heavy (non-hydrogen) atoms. The van der Waals surface area contributed by atoms with Crippen LogP contribution >= 0.6 is 0 Å². The SMILES string of the molecule is C[C@@H](O)c1nc2cnc3[nH]ccc3c2n1[C@H]1CCN(CCC(F)(F)F)C1. The molecule has 0 saturated carbocycles. The lowest BCUT2D eigenvalue weighted by Gasteiger charge is -2.20. The zero-order chi connectivity index (χ0) is 18.5. The largest absolute Gasteiger partial charge is 0.390 e. The van der Waals surface area contributed by atoms with Crippen molar-refractivity contribution < 1.29 is 18.3 Å². The smallest absolute Gasteiger partial charge is 0.385 e. The Hall–Kier alpha value is -2.13. The number of aromatic amines is 1. The van der Waals surface area contributed by atoms with Gasteiger partial charge in [0.25, 0.3) is 0 Å². The van der Waals surface area contributed by atoms with Crippen molar-refractivity contribution in [1.29, 1.82) is 0 Å². The fourth-order valence-electron chi connectivity index (χ4n) is 3.79. The maximum absolute atomic E-state index is 12.5. The normalized spacial score (nSPS) is 20.4. The molecule has 9 heteroatoms. The Kier molecular flexibility index (Phi) is 4.15. The van der Waals surface area contributed by atoms with Gasteiger partial charge in [-0.2, -0.15) is 13.2 Å². The van der Waals surface area contributed by atoms with Crippen LogP contribution in [0.3, 0.4) is 0 Å².